The van der Waals surface area contributed by atoms with E-state index in [1.807, 2.05) is 60.0 Å². The summed E-state index contributed by atoms with van der Waals surface area (Å²) in [6.45, 7) is 6.64. The van der Waals surface area contributed by atoms with Gasteiger partial charge in [-0.05, 0) is 19.4 Å². The highest BCUT2D eigenvalue weighted by Gasteiger charge is 2.31. The summed E-state index contributed by atoms with van der Waals surface area (Å²) in [6, 6.07) is 7.41. The Morgan fingerprint density at radius 2 is 1.96 bits per heavy atom. The van der Waals surface area contributed by atoms with Crippen molar-refractivity contribution in [3.05, 3.63) is 59.3 Å². The van der Waals surface area contributed by atoms with Crippen molar-refractivity contribution in [2.75, 3.05) is 0 Å². The quantitative estimate of drug-likeness (QED) is 0.637. The molecule has 144 valence electrons. The average Bonchev–Trinajstić information content (AvgIpc) is 3.30. The lowest BCUT2D eigenvalue weighted by Gasteiger charge is -2.24. The van der Waals surface area contributed by atoms with E-state index >= 15 is 0 Å². The van der Waals surface area contributed by atoms with Crippen molar-refractivity contribution in [3.8, 4) is 0 Å². The Hall–Kier alpha value is -3.02. The van der Waals surface area contributed by atoms with Crippen LogP contribution in [0.15, 0.2) is 36.7 Å². The molecule has 1 amide bonds. The third-order valence-electron chi connectivity index (χ3n) is 5.46. The van der Waals surface area contributed by atoms with Crippen LogP contribution in [-0.4, -0.2) is 31.1 Å². The molecule has 2 aromatic heterocycles. The molecule has 0 radical (unpaired) electrons. The van der Waals surface area contributed by atoms with Crippen LogP contribution >= 0.6 is 0 Å². The minimum Gasteiger partial charge on any atom is -0.334 e. The molecule has 4 rings (SSSR count). The van der Waals surface area contributed by atoms with Crippen molar-refractivity contribution in [1.29, 1.82) is 0 Å². The van der Waals surface area contributed by atoms with E-state index in [0.717, 1.165) is 34.4 Å². The molecule has 1 atom stereocenters. The Kier molecular flexibility index (Phi) is 4.71. The van der Waals surface area contributed by atoms with E-state index in [-0.39, 0.29) is 17.7 Å². The molecule has 3 heterocycles. The molecule has 0 spiro atoms. The molecule has 6 nitrogen and oxygen atoms in total. The molecular formula is C22H24N4O2. The van der Waals surface area contributed by atoms with E-state index in [2.05, 4.69) is 9.97 Å². The van der Waals surface area contributed by atoms with Gasteiger partial charge in [0.15, 0.2) is 5.78 Å². The molecule has 0 bridgehead atoms. The summed E-state index contributed by atoms with van der Waals surface area (Å²) in [5.41, 5.74) is 3.53. The van der Waals surface area contributed by atoms with Crippen molar-refractivity contribution < 1.29 is 9.59 Å². The predicted octanol–water partition coefficient (Wildman–Crippen LogP) is 3.69. The van der Waals surface area contributed by atoms with Crippen LogP contribution in [0.25, 0.3) is 10.9 Å². The monoisotopic (exact) mass is 376 g/mol. The van der Waals surface area contributed by atoms with Gasteiger partial charge in [0.05, 0.1) is 12.2 Å². The Morgan fingerprint density at radius 1 is 1.18 bits per heavy atom. The second kappa shape index (κ2) is 7.19. The zero-order valence-corrected chi connectivity index (χ0v) is 16.5. The highest BCUT2D eigenvalue weighted by Crippen LogP contribution is 2.30. The average molecular weight is 376 g/mol. The molecule has 0 saturated heterocycles. The van der Waals surface area contributed by atoms with Crippen LogP contribution in [0.4, 0.5) is 0 Å². The van der Waals surface area contributed by atoms with Crippen molar-refractivity contribution >= 4 is 22.6 Å². The number of fused-ring (bicyclic) bond motifs is 2. The van der Waals surface area contributed by atoms with E-state index in [9.17, 15) is 9.59 Å². The van der Waals surface area contributed by atoms with Gasteiger partial charge >= 0.3 is 0 Å². The van der Waals surface area contributed by atoms with Crippen LogP contribution < -0.4 is 0 Å². The third-order valence-corrected chi connectivity index (χ3v) is 5.46. The predicted molar refractivity (Wildman–Crippen MR) is 107 cm³/mol. The molecular weight excluding hydrogens is 352 g/mol. The molecule has 3 aromatic rings. The fourth-order valence-corrected chi connectivity index (χ4v) is 3.97. The zero-order valence-electron chi connectivity index (χ0n) is 16.5. The highest BCUT2D eigenvalue weighted by molar-refractivity contribution is 6.07. The SMILES string of the molecule is CCc1ncc2c(n1)CN(C(=O)[C@H](CC)n1cc(C(C)=O)c3ccccc31)C2. The van der Waals surface area contributed by atoms with Crippen LogP contribution in [0.3, 0.4) is 0 Å². The van der Waals surface area contributed by atoms with Crippen molar-refractivity contribution in [2.24, 2.45) is 0 Å². The first-order valence-electron chi connectivity index (χ1n) is 9.76. The number of hydrogen-bond acceptors (Lipinski definition) is 4. The van der Waals surface area contributed by atoms with E-state index in [4.69, 9.17) is 0 Å². The lowest BCUT2D eigenvalue weighted by molar-refractivity contribution is -0.135. The molecule has 0 N–H and O–H groups in total. The standard InChI is InChI=1S/C22H24N4O2/c1-4-19(26-12-17(14(3)27)16-8-6-7-9-20(16)26)22(28)25-11-15-10-23-21(5-2)24-18(15)13-25/h6-10,12,19H,4-5,11,13H2,1-3H3/t19-/m0/s1. The van der Waals surface area contributed by atoms with Crippen LogP contribution in [0.2, 0.25) is 0 Å². The Labute approximate surface area is 164 Å². The zero-order chi connectivity index (χ0) is 19.8. The minimum atomic E-state index is -0.356. The number of aryl methyl sites for hydroxylation is 1. The van der Waals surface area contributed by atoms with Gasteiger partial charge in [0.2, 0.25) is 5.91 Å². The number of nitrogens with zero attached hydrogens (tertiary/aromatic N) is 4. The number of Topliss-reactive ketones (excluding diaryl/α,β-unsaturated/α-hetero) is 1. The first-order valence-corrected chi connectivity index (χ1v) is 9.76. The maximum absolute atomic E-state index is 13.4. The Morgan fingerprint density at radius 3 is 2.68 bits per heavy atom. The largest absolute Gasteiger partial charge is 0.334 e. The molecule has 1 aliphatic rings. The summed E-state index contributed by atoms with van der Waals surface area (Å²) < 4.78 is 1.96. The lowest BCUT2D eigenvalue weighted by Crippen LogP contribution is -2.33. The summed E-state index contributed by atoms with van der Waals surface area (Å²) in [5, 5.41) is 0.893. The first-order chi connectivity index (χ1) is 13.5. The molecule has 1 aromatic carbocycles. The lowest BCUT2D eigenvalue weighted by atomic mass is 10.1. The number of amides is 1. The normalized spacial score (nSPS) is 14.3. The maximum Gasteiger partial charge on any atom is 0.246 e. The minimum absolute atomic E-state index is 0.00759. The van der Waals surface area contributed by atoms with Gasteiger partial charge < -0.3 is 9.47 Å². The number of para-hydroxylation sites is 1. The van der Waals surface area contributed by atoms with Crippen molar-refractivity contribution in [3.63, 3.8) is 0 Å². The van der Waals surface area contributed by atoms with Gasteiger partial charge in [0.25, 0.3) is 0 Å². The summed E-state index contributed by atoms with van der Waals surface area (Å²) in [6.07, 6.45) is 5.10. The van der Waals surface area contributed by atoms with Crippen molar-refractivity contribution in [2.45, 2.75) is 52.7 Å². The van der Waals surface area contributed by atoms with Gasteiger partial charge in [0.1, 0.15) is 11.9 Å². The number of carbonyl (C=O) groups is 2. The molecule has 0 unspecified atom stereocenters. The molecule has 1 aliphatic heterocycles. The maximum atomic E-state index is 13.4. The first kappa shape index (κ1) is 18.3. The summed E-state index contributed by atoms with van der Waals surface area (Å²) in [4.78, 5) is 36.3. The van der Waals surface area contributed by atoms with Gasteiger partial charge in [-0.15, -0.1) is 0 Å². The second-order valence-corrected chi connectivity index (χ2v) is 7.25. The summed E-state index contributed by atoms with van der Waals surface area (Å²) in [5.74, 6) is 0.866. The van der Waals surface area contributed by atoms with Gasteiger partial charge in [-0.25, -0.2) is 9.97 Å². The number of carbonyl (C=O) groups excluding carboxylic acids is 2. The fraction of sp³-hybridized carbons (Fsp3) is 0.364. The number of benzene rings is 1. The van der Waals surface area contributed by atoms with E-state index < -0.39 is 0 Å². The molecule has 6 heteroatoms. The van der Waals surface area contributed by atoms with Gasteiger partial charge in [-0.2, -0.15) is 0 Å². The topological polar surface area (TPSA) is 68.1 Å². The van der Waals surface area contributed by atoms with E-state index in [1.54, 1.807) is 6.92 Å². The number of aromatic nitrogens is 3. The smallest absolute Gasteiger partial charge is 0.246 e. The van der Waals surface area contributed by atoms with Gasteiger partial charge in [0, 0.05) is 47.4 Å². The number of hydrogen-bond donors (Lipinski definition) is 0. The summed E-state index contributed by atoms with van der Waals surface area (Å²) in [7, 11) is 0. The van der Waals surface area contributed by atoms with Crippen LogP contribution in [0.1, 0.15) is 60.7 Å². The number of rotatable bonds is 5. The molecule has 28 heavy (non-hydrogen) atoms. The van der Waals surface area contributed by atoms with Gasteiger partial charge in [-0.1, -0.05) is 32.0 Å². The van der Waals surface area contributed by atoms with Crippen LogP contribution in [-0.2, 0) is 24.3 Å². The fourth-order valence-electron chi connectivity index (χ4n) is 3.97. The third kappa shape index (κ3) is 2.99. The molecule has 0 aliphatic carbocycles. The molecule has 0 saturated carbocycles. The Balaban J connectivity index is 1.68. The van der Waals surface area contributed by atoms with Crippen LogP contribution in [0, 0.1) is 0 Å². The van der Waals surface area contributed by atoms with Crippen LogP contribution in [0.5, 0.6) is 0 Å². The Bertz CT molecular complexity index is 1070. The summed E-state index contributed by atoms with van der Waals surface area (Å²) >= 11 is 0. The van der Waals surface area contributed by atoms with E-state index in [1.165, 1.54) is 0 Å². The van der Waals surface area contributed by atoms with Crippen molar-refractivity contribution in [1.82, 2.24) is 19.4 Å². The highest BCUT2D eigenvalue weighted by atomic mass is 16.2. The van der Waals surface area contributed by atoms with Gasteiger partial charge in [-0.3, -0.25) is 9.59 Å². The second-order valence-electron chi connectivity index (χ2n) is 7.25. The van der Waals surface area contributed by atoms with E-state index in [0.29, 0.717) is 25.1 Å². The molecule has 0 fully saturated rings. The number of ketones is 1.